The Bertz CT molecular complexity index is 810. The molecular formula is C25H44N4O4S. The van der Waals surface area contributed by atoms with Crippen LogP contribution in [0.4, 0.5) is 0 Å². The molecule has 1 amide bonds. The van der Waals surface area contributed by atoms with E-state index in [1.807, 2.05) is 4.90 Å². The SMILES string of the molecule is O=C(C1CNN2CCC(C3CCN(S(=O)(=O)CC4CCCCC4)CC3)CC12)N1CCC(CO)C1. The first-order chi connectivity index (χ1) is 16.4. The third-order valence-corrected chi connectivity index (χ3v) is 11.6. The van der Waals surface area contributed by atoms with Gasteiger partial charge < -0.3 is 10.0 Å². The van der Waals surface area contributed by atoms with Gasteiger partial charge in [0, 0.05) is 57.8 Å². The molecule has 4 aliphatic heterocycles. The molecule has 9 heteroatoms. The second-order valence-electron chi connectivity index (χ2n) is 11.7. The summed E-state index contributed by atoms with van der Waals surface area (Å²) >= 11 is 0. The number of sulfonamides is 1. The predicted octanol–water partition coefficient (Wildman–Crippen LogP) is 1.66. The van der Waals surface area contributed by atoms with Crippen LogP contribution in [0.1, 0.15) is 64.2 Å². The van der Waals surface area contributed by atoms with E-state index in [2.05, 4.69) is 10.4 Å². The Labute approximate surface area is 205 Å². The summed E-state index contributed by atoms with van der Waals surface area (Å²) in [6.07, 6.45) is 10.7. The highest BCUT2D eigenvalue weighted by Crippen LogP contribution is 2.39. The maximum Gasteiger partial charge on any atom is 0.228 e. The van der Waals surface area contributed by atoms with E-state index in [1.54, 1.807) is 4.31 Å². The van der Waals surface area contributed by atoms with Gasteiger partial charge in [-0.05, 0) is 62.7 Å². The van der Waals surface area contributed by atoms with Crippen LogP contribution in [0, 0.1) is 29.6 Å². The summed E-state index contributed by atoms with van der Waals surface area (Å²) in [6, 6.07) is 0.243. The standard InChI is InChI=1S/C25H44N4O4S/c30-17-20-6-10-27(16-20)25(31)23-15-26-29-13-9-22(14-24(23)29)21-7-11-28(12-8-21)34(32,33)18-19-4-2-1-3-5-19/h19-24,26,30H,1-18H2. The average molecular weight is 497 g/mol. The molecule has 0 aromatic rings. The van der Waals surface area contributed by atoms with E-state index in [4.69, 9.17) is 0 Å². The Hall–Kier alpha value is -0.740. The lowest BCUT2D eigenvalue weighted by Gasteiger charge is -2.42. The second kappa shape index (κ2) is 10.7. The molecule has 0 aromatic carbocycles. The van der Waals surface area contributed by atoms with Crippen LogP contribution in [0.2, 0.25) is 0 Å². The first-order valence-corrected chi connectivity index (χ1v) is 15.4. The van der Waals surface area contributed by atoms with Crippen molar-refractivity contribution in [3.8, 4) is 0 Å². The number of piperidine rings is 2. The van der Waals surface area contributed by atoms with Gasteiger partial charge in [-0.25, -0.2) is 17.7 Å². The summed E-state index contributed by atoms with van der Waals surface area (Å²) in [5.41, 5.74) is 3.48. The van der Waals surface area contributed by atoms with Crippen LogP contribution in [0.5, 0.6) is 0 Å². The number of hydrogen-bond acceptors (Lipinski definition) is 6. The maximum absolute atomic E-state index is 13.3. The van der Waals surface area contributed by atoms with Crippen molar-refractivity contribution in [1.29, 1.82) is 0 Å². The topological polar surface area (TPSA) is 93.2 Å². The lowest BCUT2D eigenvalue weighted by Crippen LogP contribution is -2.50. The largest absolute Gasteiger partial charge is 0.396 e. The van der Waals surface area contributed by atoms with Crippen molar-refractivity contribution < 1.29 is 18.3 Å². The number of hydrogen-bond donors (Lipinski definition) is 2. The van der Waals surface area contributed by atoms with Crippen molar-refractivity contribution >= 4 is 15.9 Å². The molecule has 34 heavy (non-hydrogen) atoms. The van der Waals surface area contributed by atoms with E-state index < -0.39 is 10.0 Å². The maximum atomic E-state index is 13.3. The molecule has 4 unspecified atom stereocenters. The number of nitrogens with one attached hydrogen (secondary N) is 1. The Balaban J connectivity index is 1.13. The minimum Gasteiger partial charge on any atom is -0.396 e. The summed E-state index contributed by atoms with van der Waals surface area (Å²) in [5.74, 6) is 2.31. The molecule has 0 radical (unpaired) electrons. The van der Waals surface area contributed by atoms with Crippen molar-refractivity contribution in [3.63, 3.8) is 0 Å². The van der Waals surface area contributed by atoms with E-state index in [0.29, 0.717) is 49.7 Å². The van der Waals surface area contributed by atoms with E-state index in [-0.39, 0.29) is 30.4 Å². The highest BCUT2D eigenvalue weighted by molar-refractivity contribution is 7.89. The first kappa shape index (κ1) is 24.9. The van der Waals surface area contributed by atoms with E-state index in [1.165, 1.54) is 19.3 Å². The summed E-state index contributed by atoms with van der Waals surface area (Å²) in [5, 5.41) is 11.7. The van der Waals surface area contributed by atoms with E-state index in [9.17, 15) is 18.3 Å². The van der Waals surface area contributed by atoms with Crippen molar-refractivity contribution in [2.75, 3.05) is 51.6 Å². The quantitative estimate of drug-likeness (QED) is 0.581. The van der Waals surface area contributed by atoms with Gasteiger partial charge in [-0.15, -0.1) is 0 Å². The molecule has 0 bridgehead atoms. The van der Waals surface area contributed by atoms with Gasteiger partial charge in [0.1, 0.15) is 0 Å². The van der Waals surface area contributed by atoms with Crippen LogP contribution in [-0.4, -0.2) is 91.3 Å². The molecule has 1 aliphatic carbocycles. The molecular weight excluding hydrogens is 452 g/mol. The van der Waals surface area contributed by atoms with Gasteiger partial charge in [0.2, 0.25) is 15.9 Å². The minimum atomic E-state index is -3.14. The Morgan fingerprint density at radius 2 is 1.62 bits per heavy atom. The van der Waals surface area contributed by atoms with Gasteiger partial charge in [0.25, 0.3) is 0 Å². The Morgan fingerprint density at radius 3 is 2.32 bits per heavy atom. The smallest absolute Gasteiger partial charge is 0.228 e. The summed E-state index contributed by atoms with van der Waals surface area (Å²) in [7, 11) is -3.14. The number of carbonyl (C=O) groups excluding carboxylic acids is 1. The molecule has 5 aliphatic rings. The summed E-state index contributed by atoms with van der Waals surface area (Å²) in [6.45, 7) is 4.65. The lowest BCUT2D eigenvalue weighted by atomic mass is 9.75. The van der Waals surface area contributed by atoms with Gasteiger partial charge in [-0.3, -0.25) is 10.2 Å². The molecule has 194 valence electrons. The molecule has 0 spiro atoms. The number of nitrogens with zero attached hydrogens (tertiary/aromatic N) is 3. The Kier molecular flexibility index (Phi) is 7.85. The number of aliphatic hydroxyl groups is 1. The third kappa shape index (κ3) is 5.33. The zero-order valence-electron chi connectivity index (χ0n) is 20.6. The van der Waals surface area contributed by atoms with Gasteiger partial charge >= 0.3 is 0 Å². The zero-order valence-corrected chi connectivity index (χ0v) is 21.4. The molecule has 5 fully saturated rings. The number of aliphatic hydroxyl groups excluding tert-OH is 1. The van der Waals surface area contributed by atoms with Crippen LogP contribution in [-0.2, 0) is 14.8 Å². The van der Waals surface area contributed by atoms with Gasteiger partial charge in [-0.2, -0.15) is 0 Å². The highest BCUT2D eigenvalue weighted by atomic mass is 32.2. The van der Waals surface area contributed by atoms with Crippen molar-refractivity contribution in [1.82, 2.24) is 19.6 Å². The number of hydrazine groups is 1. The molecule has 5 rings (SSSR count). The molecule has 0 aromatic heterocycles. The molecule has 4 saturated heterocycles. The minimum absolute atomic E-state index is 0.00352. The summed E-state index contributed by atoms with van der Waals surface area (Å²) < 4.78 is 27.8. The van der Waals surface area contributed by atoms with E-state index in [0.717, 1.165) is 58.0 Å². The van der Waals surface area contributed by atoms with Crippen LogP contribution < -0.4 is 5.43 Å². The number of likely N-dealkylation sites (tertiary alicyclic amines) is 1. The van der Waals surface area contributed by atoms with Crippen molar-refractivity contribution in [2.24, 2.45) is 29.6 Å². The molecule has 2 N–H and O–H groups in total. The third-order valence-electron chi connectivity index (χ3n) is 9.57. The van der Waals surface area contributed by atoms with Crippen LogP contribution >= 0.6 is 0 Å². The molecule has 1 saturated carbocycles. The van der Waals surface area contributed by atoms with Crippen LogP contribution in [0.15, 0.2) is 0 Å². The van der Waals surface area contributed by atoms with Crippen molar-refractivity contribution in [3.05, 3.63) is 0 Å². The average Bonchev–Trinajstić information content (AvgIpc) is 3.51. The number of rotatable bonds is 6. The van der Waals surface area contributed by atoms with Gasteiger partial charge in [-0.1, -0.05) is 19.3 Å². The molecule has 4 atom stereocenters. The summed E-state index contributed by atoms with van der Waals surface area (Å²) in [4.78, 5) is 15.2. The second-order valence-corrected chi connectivity index (χ2v) is 13.7. The Morgan fingerprint density at radius 1 is 0.882 bits per heavy atom. The van der Waals surface area contributed by atoms with Crippen LogP contribution in [0.25, 0.3) is 0 Å². The molecule has 4 heterocycles. The van der Waals surface area contributed by atoms with Crippen LogP contribution in [0.3, 0.4) is 0 Å². The lowest BCUT2D eigenvalue weighted by molar-refractivity contribution is -0.135. The fourth-order valence-electron chi connectivity index (χ4n) is 7.43. The zero-order chi connectivity index (χ0) is 23.7. The fraction of sp³-hybridized carbons (Fsp3) is 0.960. The number of carbonyl (C=O) groups is 1. The van der Waals surface area contributed by atoms with Crippen molar-refractivity contribution in [2.45, 2.75) is 70.3 Å². The fourth-order valence-corrected chi connectivity index (χ4v) is 9.34. The van der Waals surface area contributed by atoms with Gasteiger partial charge in [0.15, 0.2) is 0 Å². The normalized spacial score (nSPS) is 35.0. The monoisotopic (exact) mass is 496 g/mol. The highest BCUT2D eigenvalue weighted by Gasteiger charge is 2.46. The van der Waals surface area contributed by atoms with Gasteiger partial charge in [0.05, 0.1) is 11.7 Å². The number of fused-ring (bicyclic) bond motifs is 1. The number of amides is 1. The van der Waals surface area contributed by atoms with E-state index >= 15 is 0 Å². The predicted molar refractivity (Wildman–Crippen MR) is 131 cm³/mol. The first-order valence-electron chi connectivity index (χ1n) is 13.8. The molecule has 8 nitrogen and oxygen atoms in total.